The molecule has 0 amide bonds. The van der Waals surface area contributed by atoms with E-state index in [2.05, 4.69) is 11.6 Å². The van der Waals surface area contributed by atoms with Crippen LogP contribution in [-0.4, -0.2) is 9.91 Å². The predicted octanol–water partition coefficient (Wildman–Crippen LogP) is 3.28. The quantitative estimate of drug-likeness (QED) is 0.599. The Balaban J connectivity index is 2.60. The van der Waals surface area contributed by atoms with Crippen LogP contribution in [0.2, 0.25) is 0 Å². The first-order chi connectivity index (χ1) is 8.08. The summed E-state index contributed by atoms with van der Waals surface area (Å²) < 4.78 is 5.13. The number of oxazole rings is 1. The number of allylic oxidation sites excluding steroid dienone is 1. The maximum atomic E-state index is 10.8. The molecule has 0 atom stereocenters. The molecule has 0 N–H and O–H groups in total. The van der Waals surface area contributed by atoms with Crippen molar-refractivity contribution >= 4 is 11.3 Å². The molecule has 5 heteroatoms. The van der Waals surface area contributed by atoms with Gasteiger partial charge in [0.25, 0.3) is 5.69 Å². The Morgan fingerprint density at radius 1 is 1.47 bits per heavy atom. The molecule has 0 aliphatic rings. The summed E-state index contributed by atoms with van der Waals surface area (Å²) in [4.78, 5) is 14.2. The minimum atomic E-state index is -0.438. The average molecular weight is 230 g/mol. The van der Waals surface area contributed by atoms with Crippen LogP contribution >= 0.6 is 0 Å². The lowest BCUT2D eigenvalue weighted by Gasteiger charge is -2.03. The molecule has 17 heavy (non-hydrogen) atoms. The molecular weight excluding hydrogens is 220 g/mol. The molecule has 86 valence electrons. The summed E-state index contributed by atoms with van der Waals surface area (Å²) in [6.07, 6.45) is 2.80. The van der Waals surface area contributed by atoms with E-state index < -0.39 is 4.92 Å². The minimum absolute atomic E-state index is 0.0110. The van der Waals surface area contributed by atoms with Crippen molar-refractivity contribution in [2.24, 2.45) is 0 Å². The smallest absolute Gasteiger partial charge is 0.270 e. The van der Waals surface area contributed by atoms with Crippen molar-refractivity contribution in [2.45, 2.75) is 6.92 Å². The third kappa shape index (κ3) is 2.23. The lowest BCUT2D eigenvalue weighted by molar-refractivity contribution is -0.384. The Hall–Kier alpha value is -2.43. The number of nitro benzene ring substituents is 1. The highest BCUT2D eigenvalue weighted by Gasteiger charge is 2.12. The van der Waals surface area contributed by atoms with Gasteiger partial charge in [-0.05, 0) is 18.6 Å². The first-order valence-electron chi connectivity index (χ1n) is 4.92. The van der Waals surface area contributed by atoms with Crippen molar-refractivity contribution in [1.29, 1.82) is 0 Å². The zero-order valence-electron chi connectivity index (χ0n) is 9.21. The molecule has 0 saturated heterocycles. The Morgan fingerprint density at radius 3 is 2.76 bits per heavy atom. The first-order valence-corrected chi connectivity index (χ1v) is 4.92. The summed E-state index contributed by atoms with van der Waals surface area (Å²) in [7, 11) is 0. The molecule has 0 spiro atoms. The number of non-ortho nitro benzene ring substituents is 1. The fourth-order valence-electron chi connectivity index (χ4n) is 1.46. The van der Waals surface area contributed by atoms with Crippen LogP contribution in [0.1, 0.15) is 12.5 Å². The number of nitro groups is 1. The van der Waals surface area contributed by atoms with Gasteiger partial charge < -0.3 is 4.42 Å². The van der Waals surface area contributed by atoms with Gasteiger partial charge in [0, 0.05) is 17.7 Å². The molecule has 0 saturated carbocycles. The van der Waals surface area contributed by atoms with E-state index in [1.54, 1.807) is 13.0 Å². The van der Waals surface area contributed by atoms with Crippen LogP contribution in [0.25, 0.3) is 16.9 Å². The summed E-state index contributed by atoms with van der Waals surface area (Å²) in [5, 5.41) is 10.8. The van der Waals surface area contributed by atoms with E-state index in [0.717, 1.165) is 5.57 Å². The Kier molecular flexibility index (Phi) is 2.74. The van der Waals surface area contributed by atoms with Gasteiger partial charge in [0.1, 0.15) is 0 Å². The Bertz CT molecular complexity index is 541. The van der Waals surface area contributed by atoms with E-state index in [1.165, 1.54) is 24.7 Å². The van der Waals surface area contributed by atoms with Gasteiger partial charge in [-0.25, -0.2) is 4.98 Å². The molecule has 1 aromatic heterocycles. The van der Waals surface area contributed by atoms with Crippen molar-refractivity contribution in [3.63, 3.8) is 0 Å². The van der Waals surface area contributed by atoms with Crippen molar-refractivity contribution in [2.75, 3.05) is 0 Å². The molecule has 1 aromatic carbocycles. The van der Waals surface area contributed by atoms with Gasteiger partial charge in [-0.1, -0.05) is 12.2 Å². The third-order valence-electron chi connectivity index (χ3n) is 2.34. The predicted molar refractivity (Wildman–Crippen MR) is 63.3 cm³/mol. The molecule has 2 aromatic rings. The summed E-state index contributed by atoms with van der Waals surface area (Å²) in [6.45, 7) is 5.57. The molecule has 1 heterocycles. The van der Waals surface area contributed by atoms with Gasteiger partial charge in [0.15, 0.2) is 12.2 Å². The van der Waals surface area contributed by atoms with Crippen LogP contribution in [0.5, 0.6) is 0 Å². The molecule has 0 bridgehead atoms. The van der Waals surface area contributed by atoms with Crippen molar-refractivity contribution < 1.29 is 9.34 Å². The van der Waals surface area contributed by atoms with Crippen molar-refractivity contribution in [1.82, 2.24) is 4.98 Å². The highest BCUT2D eigenvalue weighted by atomic mass is 16.6. The van der Waals surface area contributed by atoms with Crippen LogP contribution in [0.4, 0.5) is 5.69 Å². The number of benzene rings is 1. The van der Waals surface area contributed by atoms with Crippen molar-refractivity contribution in [3.8, 4) is 11.3 Å². The van der Waals surface area contributed by atoms with Crippen LogP contribution in [0.15, 0.2) is 41.8 Å². The van der Waals surface area contributed by atoms with Gasteiger partial charge in [0.05, 0.1) is 11.1 Å². The molecule has 0 unspecified atom stereocenters. The fraction of sp³-hybridized carbons (Fsp3) is 0.0833. The van der Waals surface area contributed by atoms with Crippen LogP contribution in [-0.2, 0) is 0 Å². The van der Waals surface area contributed by atoms with Crippen LogP contribution < -0.4 is 0 Å². The largest absolute Gasteiger partial charge is 0.444 e. The minimum Gasteiger partial charge on any atom is -0.444 e. The van der Waals surface area contributed by atoms with Gasteiger partial charge >= 0.3 is 0 Å². The first kappa shape index (κ1) is 11.1. The number of rotatable bonds is 3. The topological polar surface area (TPSA) is 69.2 Å². The number of hydrogen-bond donors (Lipinski definition) is 0. The molecule has 0 aliphatic heterocycles. The maximum Gasteiger partial charge on any atom is 0.270 e. The summed E-state index contributed by atoms with van der Waals surface area (Å²) in [5.74, 6) is 0.496. The van der Waals surface area contributed by atoms with Crippen molar-refractivity contribution in [3.05, 3.63) is 53.0 Å². The second-order valence-corrected chi connectivity index (χ2v) is 3.67. The molecule has 0 fully saturated rings. The Morgan fingerprint density at radius 2 is 2.24 bits per heavy atom. The van der Waals surface area contributed by atoms with E-state index in [4.69, 9.17) is 4.42 Å². The van der Waals surface area contributed by atoms with E-state index in [1.807, 2.05) is 0 Å². The van der Waals surface area contributed by atoms with Crippen LogP contribution in [0, 0.1) is 10.1 Å². The van der Waals surface area contributed by atoms with Gasteiger partial charge in [-0.2, -0.15) is 0 Å². The number of aromatic nitrogens is 1. The highest BCUT2D eigenvalue weighted by Crippen LogP contribution is 2.28. The normalized spacial score (nSPS) is 10.2. The Labute approximate surface area is 97.6 Å². The lowest BCUT2D eigenvalue weighted by Crippen LogP contribution is -1.91. The summed E-state index contributed by atoms with van der Waals surface area (Å²) in [5.41, 5.74) is 2.10. The van der Waals surface area contributed by atoms with Gasteiger partial charge in [0.2, 0.25) is 0 Å². The fourth-order valence-corrected chi connectivity index (χ4v) is 1.46. The standard InChI is InChI=1S/C12H10N2O3/c1-8(2)9-3-10(12-6-13-7-17-12)5-11(4-9)14(15)16/h3-7H,1H2,2H3. The zero-order valence-corrected chi connectivity index (χ0v) is 9.21. The van der Waals surface area contributed by atoms with E-state index in [0.29, 0.717) is 16.9 Å². The SMILES string of the molecule is C=C(C)c1cc(-c2cnco2)cc([N+](=O)[O-])c1. The van der Waals surface area contributed by atoms with E-state index >= 15 is 0 Å². The lowest BCUT2D eigenvalue weighted by atomic mass is 10.0. The van der Waals surface area contributed by atoms with Crippen LogP contribution in [0.3, 0.4) is 0 Å². The third-order valence-corrected chi connectivity index (χ3v) is 2.34. The molecule has 0 aliphatic carbocycles. The second-order valence-electron chi connectivity index (χ2n) is 3.67. The highest BCUT2D eigenvalue weighted by molar-refractivity contribution is 5.71. The van der Waals surface area contributed by atoms with Gasteiger partial charge in [-0.3, -0.25) is 10.1 Å². The summed E-state index contributed by atoms with van der Waals surface area (Å²) >= 11 is 0. The van der Waals surface area contributed by atoms with Gasteiger partial charge in [-0.15, -0.1) is 0 Å². The van der Waals surface area contributed by atoms with E-state index in [-0.39, 0.29) is 5.69 Å². The molecular formula is C12H10N2O3. The number of hydrogen-bond acceptors (Lipinski definition) is 4. The monoisotopic (exact) mass is 230 g/mol. The molecule has 5 nitrogen and oxygen atoms in total. The molecule has 2 rings (SSSR count). The average Bonchev–Trinajstić information content (AvgIpc) is 2.81. The number of nitrogens with zero attached hydrogens (tertiary/aromatic N) is 2. The summed E-state index contributed by atoms with van der Waals surface area (Å²) in [6, 6.07) is 4.73. The van der Waals surface area contributed by atoms with E-state index in [9.17, 15) is 10.1 Å². The zero-order chi connectivity index (χ0) is 12.4. The molecule has 0 radical (unpaired) electrons. The second kappa shape index (κ2) is 4.21. The maximum absolute atomic E-state index is 10.8.